The molecule has 1 aromatic carbocycles. The van der Waals surface area contributed by atoms with Crippen LogP contribution in [0.2, 0.25) is 0 Å². The molecule has 0 bridgehead atoms. The van der Waals surface area contributed by atoms with Crippen LogP contribution in [0.25, 0.3) is 0 Å². The van der Waals surface area contributed by atoms with Crippen LogP contribution in [0.15, 0.2) is 18.2 Å². The van der Waals surface area contributed by atoms with E-state index in [2.05, 4.69) is 0 Å². The number of methoxy groups -OCH3 is 1. The van der Waals surface area contributed by atoms with E-state index in [0.29, 0.717) is 43.0 Å². The Morgan fingerprint density at radius 1 is 1.35 bits per heavy atom. The maximum atomic E-state index is 12.1. The first-order valence-corrected chi connectivity index (χ1v) is 7.26. The number of nitriles is 1. The Balaban J connectivity index is 1.90. The van der Waals surface area contributed by atoms with Gasteiger partial charge < -0.3 is 19.5 Å². The van der Waals surface area contributed by atoms with E-state index in [1.807, 2.05) is 6.07 Å². The lowest BCUT2D eigenvalue weighted by molar-refractivity contribution is -0.146. The molecule has 0 radical (unpaired) electrons. The molecular formula is C16H18N2O5. The molecule has 0 unspecified atom stereocenters. The van der Waals surface area contributed by atoms with Crippen molar-refractivity contribution in [2.45, 2.75) is 12.8 Å². The predicted molar refractivity (Wildman–Crippen MR) is 80.1 cm³/mol. The third-order valence-electron chi connectivity index (χ3n) is 3.84. The van der Waals surface area contributed by atoms with E-state index in [9.17, 15) is 9.59 Å². The Morgan fingerprint density at radius 3 is 2.61 bits per heavy atom. The molecule has 0 spiro atoms. The molecule has 1 heterocycles. The van der Waals surface area contributed by atoms with Gasteiger partial charge in [-0.2, -0.15) is 5.26 Å². The molecule has 0 saturated carbocycles. The highest BCUT2D eigenvalue weighted by Crippen LogP contribution is 2.28. The zero-order valence-corrected chi connectivity index (χ0v) is 12.8. The maximum absolute atomic E-state index is 12.1. The second kappa shape index (κ2) is 7.49. The van der Waals surface area contributed by atoms with Crippen LogP contribution in [0.3, 0.4) is 0 Å². The number of likely N-dealkylation sites (tertiary alicyclic amines) is 1. The van der Waals surface area contributed by atoms with Gasteiger partial charge in [-0.05, 0) is 25.0 Å². The van der Waals surface area contributed by atoms with Gasteiger partial charge in [-0.3, -0.25) is 9.59 Å². The Morgan fingerprint density at radius 2 is 2.04 bits per heavy atom. The number of carboxylic acid groups (broad SMARTS) is 1. The summed E-state index contributed by atoms with van der Waals surface area (Å²) in [5.74, 6) is -0.601. The molecule has 23 heavy (non-hydrogen) atoms. The highest BCUT2D eigenvalue weighted by Gasteiger charge is 2.27. The van der Waals surface area contributed by atoms with Crippen LogP contribution < -0.4 is 9.47 Å². The Labute approximate surface area is 134 Å². The average Bonchev–Trinajstić information content (AvgIpc) is 2.59. The molecule has 1 N–H and O–H groups in total. The normalized spacial score (nSPS) is 14.9. The number of carbonyl (C=O) groups is 2. The van der Waals surface area contributed by atoms with Crippen molar-refractivity contribution in [1.82, 2.24) is 4.90 Å². The number of rotatable bonds is 5. The highest BCUT2D eigenvalue weighted by molar-refractivity contribution is 5.78. The van der Waals surface area contributed by atoms with Crippen LogP contribution in [0.4, 0.5) is 0 Å². The van der Waals surface area contributed by atoms with Crippen LogP contribution in [-0.2, 0) is 9.59 Å². The summed E-state index contributed by atoms with van der Waals surface area (Å²) in [6.07, 6.45) is 0.919. The van der Waals surface area contributed by atoms with E-state index >= 15 is 0 Å². The predicted octanol–water partition coefficient (Wildman–Crippen LogP) is 1.27. The van der Waals surface area contributed by atoms with E-state index in [1.165, 1.54) is 13.2 Å². The molecule has 1 saturated heterocycles. The van der Waals surface area contributed by atoms with Gasteiger partial charge in [0, 0.05) is 19.2 Å². The molecule has 122 valence electrons. The van der Waals surface area contributed by atoms with Crippen molar-refractivity contribution in [3.63, 3.8) is 0 Å². The van der Waals surface area contributed by atoms with Crippen LogP contribution in [-0.4, -0.2) is 48.7 Å². The number of carbonyl (C=O) groups excluding carboxylic acids is 1. The fraction of sp³-hybridized carbons (Fsp3) is 0.438. The molecule has 2 rings (SSSR count). The molecule has 1 aliphatic heterocycles. The number of hydrogen-bond donors (Lipinski definition) is 1. The van der Waals surface area contributed by atoms with Crippen molar-refractivity contribution >= 4 is 11.9 Å². The van der Waals surface area contributed by atoms with E-state index in [-0.39, 0.29) is 18.4 Å². The molecule has 1 amide bonds. The smallest absolute Gasteiger partial charge is 0.306 e. The Hall–Kier alpha value is -2.75. The minimum Gasteiger partial charge on any atom is -0.493 e. The molecule has 1 aromatic rings. The third kappa shape index (κ3) is 4.13. The molecule has 7 nitrogen and oxygen atoms in total. The van der Waals surface area contributed by atoms with Crippen LogP contribution >= 0.6 is 0 Å². The fourth-order valence-corrected chi connectivity index (χ4v) is 2.46. The summed E-state index contributed by atoms with van der Waals surface area (Å²) in [5.41, 5.74) is 0.441. The minimum atomic E-state index is -0.810. The summed E-state index contributed by atoms with van der Waals surface area (Å²) in [4.78, 5) is 24.6. The first-order chi connectivity index (χ1) is 11.0. The van der Waals surface area contributed by atoms with Crippen molar-refractivity contribution in [3.05, 3.63) is 23.8 Å². The molecule has 1 aliphatic rings. The lowest BCUT2D eigenvalue weighted by Crippen LogP contribution is -2.42. The molecule has 1 fully saturated rings. The Kier molecular flexibility index (Phi) is 5.41. The van der Waals surface area contributed by atoms with Crippen LogP contribution in [0, 0.1) is 17.2 Å². The molecule has 7 heteroatoms. The SMILES string of the molecule is COc1cc(C#N)ccc1OCC(=O)N1CCC(C(=O)O)CC1. The van der Waals surface area contributed by atoms with Gasteiger partial charge in [0.1, 0.15) is 0 Å². The lowest BCUT2D eigenvalue weighted by atomic mass is 9.97. The van der Waals surface area contributed by atoms with Gasteiger partial charge in [0.15, 0.2) is 18.1 Å². The summed E-state index contributed by atoms with van der Waals surface area (Å²) < 4.78 is 10.6. The third-order valence-corrected chi connectivity index (χ3v) is 3.84. The molecular weight excluding hydrogens is 300 g/mol. The monoisotopic (exact) mass is 318 g/mol. The topological polar surface area (TPSA) is 99.9 Å². The second-order valence-corrected chi connectivity index (χ2v) is 5.26. The number of aliphatic carboxylic acids is 1. The van der Waals surface area contributed by atoms with Crippen molar-refractivity contribution in [3.8, 4) is 17.6 Å². The van der Waals surface area contributed by atoms with Crippen molar-refractivity contribution in [1.29, 1.82) is 5.26 Å². The Bertz CT molecular complexity index is 630. The first-order valence-electron chi connectivity index (χ1n) is 7.26. The van der Waals surface area contributed by atoms with E-state index in [4.69, 9.17) is 19.8 Å². The second-order valence-electron chi connectivity index (χ2n) is 5.26. The average molecular weight is 318 g/mol. The van der Waals surface area contributed by atoms with Gasteiger partial charge in [-0.1, -0.05) is 0 Å². The van der Waals surface area contributed by atoms with Crippen molar-refractivity contribution in [2.75, 3.05) is 26.8 Å². The number of hydrogen-bond acceptors (Lipinski definition) is 5. The summed E-state index contributed by atoms with van der Waals surface area (Å²) in [7, 11) is 1.46. The number of ether oxygens (including phenoxy) is 2. The summed E-state index contributed by atoms with van der Waals surface area (Å²) in [5, 5.41) is 17.8. The summed E-state index contributed by atoms with van der Waals surface area (Å²) >= 11 is 0. The minimum absolute atomic E-state index is 0.153. The number of amides is 1. The van der Waals surface area contributed by atoms with Crippen molar-refractivity contribution in [2.24, 2.45) is 5.92 Å². The molecule has 0 aromatic heterocycles. The lowest BCUT2D eigenvalue weighted by Gasteiger charge is -2.30. The zero-order chi connectivity index (χ0) is 16.8. The highest BCUT2D eigenvalue weighted by atomic mass is 16.5. The zero-order valence-electron chi connectivity index (χ0n) is 12.8. The van der Waals surface area contributed by atoms with E-state index in [1.54, 1.807) is 17.0 Å². The summed E-state index contributed by atoms with van der Waals surface area (Å²) in [6, 6.07) is 6.71. The number of nitrogens with zero attached hydrogens (tertiary/aromatic N) is 2. The molecule has 0 atom stereocenters. The number of piperidine rings is 1. The van der Waals surface area contributed by atoms with Crippen molar-refractivity contribution < 1.29 is 24.2 Å². The van der Waals surface area contributed by atoms with Gasteiger partial charge >= 0.3 is 5.97 Å². The van der Waals surface area contributed by atoms with Gasteiger partial charge in [0.2, 0.25) is 0 Å². The van der Waals surface area contributed by atoms with Crippen LogP contribution in [0.5, 0.6) is 11.5 Å². The van der Waals surface area contributed by atoms with E-state index in [0.717, 1.165) is 0 Å². The first kappa shape index (κ1) is 16.6. The molecule has 0 aliphatic carbocycles. The van der Waals surface area contributed by atoms with Crippen LogP contribution in [0.1, 0.15) is 18.4 Å². The number of carboxylic acids is 1. The van der Waals surface area contributed by atoms with Gasteiger partial charge in [-0.15, -0.1) is 0 Å². The number of benzene rings is 1. The van der Waals surface area contributed by atoms with Gasteiger partial charge in [-0.25, -0.2) is 0 Å². The van der Waals surface area contributed by atoms with E-state index < -0.39 is 5.97 Å². The quantitative estimate of drug-likeness (QED) is 0.877. The largest absolute Gasteiger partial charge is 0.493 e. The van der Waals surface area contributed by atoms with Gasteiger partial charge in [0.25, 0.3) is 5.91 Å². The summed E-state index contributed by atoms with van der Waals surface area (Å²) in [6.45, 7) is 0.688. The standard InChI is InChI=1S/C16H18N2O5/c1-22-14-8-11(9-17)2-3-13(14)23-10-15(19)18-6-4-12(5-7-18)16(20)21/h2-3,8,12H,4-7,10H2,1H3,(H,20,21). The fourth-order valence-electron chi connectivity index (χ4n) is 2.46. The maximum Gasteiger partial charge on any atom is 0.306 e. The van der Waals surface area contributed by atoms with Gasteiger partial charge in [0.05, 0.1) is 24.7 Å².